The topological polar surface area (TPSA) is 49.9 Å². The van der Waals surface area contributed by atoms with E-state index in [1.54, 1.807) is 16.4 Å². The van der Waals surface area contributed by atoms with E-state index in [0.717, 1.165) is 16.8 Å². The molecule has 0 saturated carbocycles. The number of nitrogens with zero attached hydrogens (tertiary/aromatic N) is 2. The zero-order chi connectivity index (χ0) is 19.8. The zero-order valence-corrected chi connectivity index (χ0v) is 17.6. The standard InChI is InChI=1S/C21H28N2O3S/c1-15-6-7-19(12-16(15)2)22-8-10-23(11-9-22)27(24,25)21-14-18(4)17(3)13-20(21)26-5/h6-7,12-14H,8-11H2,1-5H3. The Morgan fingerprint density at radius 2 is 1.41 bits per heavy atom. The highest BCUT2D eigenvalue weighted by Crippen LogP contribution is 2.31. The van der Waals surface area contributed by atoms with Crippen LogP contribution in [0.5, 0.6) is 5.75 Å². The maximum Gasteiger partial charge on any atom is 0.246 e. The van der Waals surface area contributed by atoms with E-state index in [4.69, 9.17) is 4.74 Å². The van der Waals surface area contributed by atoms with E-state index in [2.05, 4.69) is 36.9 Å². The van der Waals surface area contributed by atoms with E-state index in [0.29, 0.717) is 31.9 Å². The molecule has 0 radical (unpaired) electrons. The van der Waals surface area contributed by atoms with Crippen LogP contribution in [0.3, 0.4) is 0 Å². The van der Waals surface area contributed by atoms with Crippen LogP contribution in [0.25, 0.3) is 0 Å². The lowest BCUT2D eigenvalue weighted by molar-refractivity contribution is 0.374. The van der Waals surface area contributed by atoms with Crippen molar-refractivity contribution in [1.29, 1.82) is 0 Å². The predicted octanol–water partition coefficient (Wildman–Crippen LogP) is 3.44. The van der Waals surface area contributed by atoms with Crippen LogP contribution >= 0.6 is 0 Å². The molecule has 0 bridgehead atoms. The van der Waals surface area contributed by atoms with Gasteiger partial charge in [0.2, 0.25) is 10.0 Å². The number of piperazine rings is 1. The molecule has 1 heterocycles. The van der Waals surface area contributed by atoms with Crippen LogP contribution in [-0.2, 0) is 10.0 Å². The Kier molecular flexibility index (Phi) is 5.49. The monoisotopic (exact) mass is 388 g/mol. The van der Waals surface area contributed by atoms with Gasteiger partial charge in [-0.1, -0.05) is 6.07 Å². The number of sulfonamides is 1. The number of methoxy groups -OCH3 is 1. The van der Waals surface area contributed by atoms with Gasteiger partial charge in [-0.2, -0.15) is 4.31 Å². The molecule has 27 heavy (non-hydrogen) atoms. The van der Waals surface area contributed by atoms with Crippen molar-refractivity contribution >= 4 is 15.7 Å². The van der Waals surface area contributed by atoms with Crippen LogP contribution in [-0.4, -0.2) is 46.0 Å². The lowest BCUT2D eigenvalue weighted by Gasteiger charge is -2.35. The van der Waals surface area contributed by atoms with Gasteiger partial charge in [-0.05, 0) is 74.2 Å². The summed E-state index contributed by atoms with van der Waals surface area (Å²) in [4.78, 5) is 2.50. The smallest absolute Gasteiger partial charge is 0.246 e. The van der Waals surface area contributed by atoms with Gasteiger partial charge < -0.3 is 9.64 Å². The number of rotatable bonds is 4. The maximum absolute atomic E-state index is 13.2. The van der Waals surface area contributed by atoms with Crippen LogP contribution in [0.1, 0.15) is 22.3 Å². The molecule has 1 aliphatic heterocycles. The largest absolute Gasteiger partial charge is 0.495 e. The molecule has 2 aromatic carbocycles. The lowest BCUT2D eigenvalue weighted by atomic mass is 10.1. The Morgan fingerprint density at radius 1 is 0.815 bits per heavy atom. The molecule has 0 unspecified atom stereocenters. The highest BCUT2D eigenvalue weighted by Gasteiger charge is 2.31. The van der Waals surface area contributed by atoms with Crippen molar-refractivity contribution in [2.45, 2.75) is 32.6 Å². The Labute approximate surface area is 162 Å². The van der Waals surface area contributed by atoms with Gasteiger partial charge in [0.15, 0.2) is 0 Å². The maximum atomic E-state index is 13.2. The van der Waals surface area contributed by atoms with E-state index in [9.17, 15) is 8.42 Å². The summed E-state index contributed by atoms with van der Waals surface area (Å²) in [6, 6.07) is 9.92. The number of aryl methyl sites for hydroxylation is 4. The molecule has 5 nitrogen and oxygen atoms in total. The molecular weight excluding hydrogens is 360 g/mol. The lowest BCUT2D eigenvalue weighted by Crippen LogP contribution is -2.48. The van der Waals surface area contributed by atoms with Gasteiger partial charge in [-0.15, -0.1) is 0 Å². The van der Waals surface area contributed by atoms with Crippen molar-refractivity contribution < 1.29 is 13.2 Å². The van der Waals surface area contributed by atoms with Crippen molar-refractivity contribution in [2.75, 3.05) is 38.2 Å². The van der Waals surface area contributed by atoms with Gasteiger partial charge in [-0.25, -0.2) is 8.42 Å². The van der Waals surface area contributed by atoms with Crippen molar-refractivity contribution in [3.05, 3.63) is 52.6 Å². The van der Waals surface area contributed by atoms with Crippen molar-refractivity contribution in [1.82, 2.24) is 4.31 Å². The quantitative estimate of drug-likeness (QED) is 0.805. The number of anilines is 1. The first-order chi connectivity index (χ1) is 12.7. The van der Waals surface area contributed by atoms with Crippen LogP contribution in [0.15, 0.2) is 35.2 Å². The molecule has 0 atom stereocenters. The van der Waals surface area contributed by atoms with E-state index < -0.39 is 10.0 Å². The third-order valence-electron chi connectivity index (χ3n) is 5.49. The Bertz CT molecular complexity index is 946. The Hall–Kier alpha value is -2.05. The molecule has 6 heteroatoms. The molecule has 0 amide bonds. The van der Waals surface area contributed by atoms with Crippen molar-refractivity contribution in [2.24, 2.45) is 0 Å². The second-order valence-corrected chi connectivity index (χ2v) is 9.15. The normalized spacial score (nSPS) is 15.8. The molecule has 146 valence electrons. The van der Waals surface area contributed by atoms with Gasteiger partial charge in [0.25, 0.3) is 0 Å². The predicted molar refractivity (Wildman–Crippen MR) is 109 cm³/mol. The Balaban J connectivity index is 1.81. The minimum Gasteiger partial charge on any atom is -0.495 e. The van der Waals surface area contributed by atoms with Gasteiger partial charge >= 0.3 is 0 Å². The second kappa shape index (κ2) is 7.52. The van der Waals surface area contributed by atoms with Gasteiger partial charge in [0.05, 0.1) is 7.11 Å². The fraction of sp³-hybridized carbons (Fsp3) is 0.429. The fourth-order valence-corrected chi connectivity index (χ4v) is 5.02. The molecule has 1 saturated heterocycles. The van der Waals surface area contributed by atoms with E-state index >= 15 is 0 Å². The average molecular weight is 389 g/mol. The third-order valence-corrected chi connectivity index (χ3v) is 7.41. The highest BCUT2D eigenvalue weighted by atomic mass is 32.2. The van der Waals surface area contributed by atoms with Crippen molar-refractivity contribution in [3.8, 4) is 5.75 Å². The first-order valence-corrected chi connectivity index (χ1v) is 10.7. The first-order valence-electron chi connectivity index (χ1n) is 9.21. The SMILES string of the molecule is COc1cc(C)c(C)cc1S(=O)(=O)N1CCN(c2ccc(C)c(C)c2)CC1. The van der Waals surface area contributed by atoms with E-state index in [1.807, 2.05) is 13.8 Å². The van der Waals surface area contributed by atoms with E-state index in [1.165, 1.54) is 18.2 Å². The molecule has 0 N–H and O–H groups in total. The Morgan fingerprint density at radius 3 is 2.00 bits per heavy atom. The molecule has 3 rings (SSSR count). The molecule has 1 fully saturated rings. The van der Waals surface area contributed by atoms with Crippen LogP contribution < -0.4 is 9.64 Å². The summed E-state index contributed by atoms with van der Waals surface area (Å²) in [5.41, 5.74) is 5.64. The first kappa shape index (κ1) is 19.7. The minimum absolute atomic E-state index is 0.257. The molecule has 1 aliphatic rings. The van der Waals surface area contributed by atoms with Gasteiger partial charge in [0, 0.05) is 31.9 Å². The molecule has 0 spiro atoms. The number of hydrogen-bond acceptors (Lipinski definition) is 4. The van der Waals surface area contributed by atoms with Crippen molar-refractivity contribution in [3.63, 3.8) is 0 Å². The van der Waals surface area contributed by atoms with Crippen LogP contribution in [0.2, 0.25) is 0 Å². The van der Waals surface area contributed by atoms with Gasteiger partial charge in [0.1, 0.15) is 10.6 Å². The summed E-state index contributed by atoms with van der Waals surface area (Å²) in [5.74, 6) is 0.412. The summed E-state index contributed by atoms with van der Waals surface area (Å²) in [6.45, 7) is 10.4. The molecular formula is C21H28N2O3S. The van der Waals surface area contributed by atoms with Crippen LogP contribution in [0, 0.1) is 27.7 Å². The summed E-state index contributed by atoms with van der Waals surface area (Å²) < 4.78 is 33.3. The molecule has 2 aromatic rings. The third kappa shape index (κ3) is 3.82. The second-order valence-electron chi connectivity index (χ2n) is 7.25. The summed E-state index contributed by atoms with van der Waals surface area (Å²) in [5, 5.41) is 0. The highest BCUT2D eigenvalue weighted by molar-refractivity contribution is 7.89. The molecule has 0 aromatic heterocycles. The zero-order valence-electron chi connectivity index (χ0n) is 16.7. The molecule has 0 aliphatic carbocycles. The fourth-order valence-electron chi connectivity index (χ4n) is 3.37. The summed E-state index contributed by atoms with van der Waals surface area (Å²) >= 11 is 0. The summed E-state index contributed by atoms with van der Waals surface area (Å²) in [7, 11) is -2.07. The van der Waals surface area contributed by atoms with Gasteiger partial charge in [-0.3, -0.25) is 0 Å². The number of ether oxygens (including phenoxy) is 1. The number of benzene rings is 2. The number of hydrogen-bond donors (Lipinski definition) is 0. The van der Waals surface area contributed by atoms with E-state index in [-0.39, 0.29) is 4.90 Å². The van der Waals surface area contributed by atoms with Crippen LogP contribution in [0.4, 0.5) is 5.69 Å². The summed E-state index contributed by atoms with van der Waals surface area (Å²) in [6.07, 6.45) is 0. The average Bonchev–Trinajstić information content (AvgIpc) is 2.65. The minimum atomic E-state index is -3.58.